The predicted molar refractivity (Wildman–Crippen MR) is 79.8 cm³/mol. The van der Waals surface area contributed by atoms with Gasteiger partial charge in [0.1, 0.15) is 0 Å². The fraction of sp³-hybridized carbons (Fsp3) is 0.278. The smallest absolute Gasteiger partial charge is 0.0991 e. The summed E-state index contributed by atoms with van der Waals surface area (Å²) in [7, 11) is 0. The SMILES string of the molecule is [2H]C([2H])([2H])C([2H])([2H])C([2H])([2H])C([2H])([2H])C([2H])([2H])c1ccc(-c2ccc(C#N)cc2)cc1. The van der Waals surface area contributed by atoms with Crippen molar-refractivity contribution in [3.63, 3.8) is 0 Å². The van der Waals surface area contributed by atoms with Crippen LogP contribution in [0.3, 0.4) is 0 Å². The van der Waals surface area contributed by atoms with E-state index < -0.39 is 32.3 Å². The summed E-state index contributed by atoms with van der Waals surface area (Å²) in [4.78, 5) is 0. The zero-order chi connectivity index (χ0) is 23.2. The Hall–Kier alpha value is -2.07. The molecule has 0 spiro atoms. The van der Waals surface area contributed by atoms with Gasteiger partial charge in [-0.3, -0.25) is 0 Å². The van der Waals surface area contributed by atoms with Crippen molar-refractivity contribution >= 4 is 0 Å². The summed E-state index contributed by atoms with van der Waals surface area (Å²) in [6, 6.07) is 14.0. The molecule has 19 heavy (non-hydrogen) atoms. The summed E-state index contributed by atoms with van der Waals surface area (Å²) >= 11 is 0. The Morgan fingerprint density at radius 2 is 1.63 bits per heavy atom. The van der Waals surface area contributed by atoms with Crippen LogP contribution in [0.2, 0.25) is 0 Å². The van der Waals surface area contributed by atoms with Gasteiger partial charge in [-0.1, -0.05) is 56.0 Å². The minimum atomic E-state index is -3.68. The van der Waals surface area contributed by atoms with Crippen molar-refractivity contribution in [1.29, 1.82) is 5.26 Å². The largest absolute Gasteiger partial charge is 0.192 e. The number of nitriles is 1. The van der Waals surface area contributed by atoms with Crippen LogP contribution in [-0.2, 0) is 6.37 Å². The van der Waals surface area contributed by atoms with E-state index in [1.807, 2.05) is 6.07 Å². The van der Waals surface area contributed by atoms with E-state index in [1.54, 1.807) is 24.3 Å². The number of hydrogen-bond acceptors (Lipinski definition) is 1. The van der Waals surface area contributed by atoms with Crippen LogP contribution < -0.4 is 0 Å². The van der Waals surface area contributed by atoms with E-state index in [0.717, 1.165) is 5.56 Å². The molecular formula is C18H19N. The zero-order valence-corrected chi connectivity index (χ0v) is 10.1. The quantitative estimate of drug-likeness (QED) is 0.745. The molecule has 0 saturated heterocycles. The molecule has 0 saturated carbocycles. The lowest BCUT2D eigenvalue weighted by atomic mass is 10.0. The highest BCUT2D eigenvalue weighted by Crippen LogP contribution is 2.20. The van der Waals surface area contributed by atoms with E-state index in [-0.39, 0.29) is 5.56 Å². The molecule has 0 aromatic heterocycles. The molecule has 2 aromatic rings. The van der Waals surface area contributed by atoms with Crippen molar-refractivity contribution in [3.8, 4) is 17.2 Å². The standard InChI is InChI=1S/C18H19N/c1-2-3-4-5-15-6-10-17(11-7-15)18-12-8-16(14-19)9-13-18/h6-13H,2-5H2,1H3/i1D3,2D2,3D2,4D2,5D2. The van der Waals surface area contributed by atoms with Gasteiger partial charge in [-0.2, -0.15) is 5.26 Å². The normalized spacial score (nSPS) is 22.4. The van der Waals surface area contributed by atoms with Gasteiger partial charge in [0.15, 0.2) is 0 Å². The molecule has 1 heteroatoms. The number of nitrogens with zero attached hydrogens (tertiary/aromatic N) is 1. The molecule has 0 aliphatic heterocycles. The van der Waals surface area contributed by atoms with Crippen LogP contribution in [0.4, 0.5) is 0 Å². The lowest BCUT2D eigenvalue weighted by Gasteiger charge is -2.04. The van der Waals surface area contributed by atoms with E-state index >= 15 is 0 Å². The van der Waals surface area contributed by atoms with Crippen LogP contribution in [0.5, 0.6) is 0 Å². The zero-order valence-electron chi connectivity index (χ0n) is 21.1. The maximum atomic E-state index is 8.85. The molecule has 2 rings (SSSR count). The topological polar surface area (TPSA) is 23.8 Å². The number of benzene rings is 2. The van der Waals surface area contributed by atoms with Crippen molar-refractivity contribution in [2.24, 2.45) is 0 Å². The lowest BCUT2D eigenvalue weighted by molar-refractivity contribution is 0.717. The second kappa shape index (κ2) is 6.75. The van der Waals surface area contributed by atoms with Crippen LogP contribution in [0.1, 0.15) is 52.2 Å². The molecule has 0 bridgehead atoms. The van der Waals surface area contributed by atoms with E-state index in [0.29, 0.717) is 11.1 Å². The summed E-state index contributed by atoms with van der Waals surface area (Å²) in [5.41, 5.74) is 1.55. The van der Waals surface area contributed by atoms with Crippen LogP contribution in [0.15, 0.2) is 48.5 Å². The van der Waals surface area contributed by atoms with Crippen molar-refractivity contribution in [2.75, 3.05) is 0 Å². The molecule has 0 amide bonds. The summed E-state index contributed by atoms with van der Waals surface area (Å²) in [6.07, 6.45) is -13.9. The third-order valence-corrected chi connectivity index (χ3v) is 2.56. The van der Waals surface area contributed by atoms with Gasteiger partial charge in [-0.25, -0.2) is 0 Å². The van der Waals surface area contributed by atoms with Gasteiger partial charge < -0.3 is 0 Å². The summed E-state index contributed by atoms with van der Waals surface area (Å²) in [6.45, 7) is -3.50. The van der Waals surface area contributed by atoms with Crippen LogP contribution >= 0.6 is 0 Å². The van der Waals surface area contributed by atoms with Gasteiger partial charge in [0.2, 0.25) is 0 Å². The second-order valence-electron chi connectivity index (χ2n) is 3.77. The van der Waals surface area contributed by atoms with Gasteiger partial charge in [-0.05, 0) is 41.6 Å². The van der Waals surface area contributed by atoms with Crippen LogP contribution in [0, 0.1) is 11.3 Å². The van der Waals surface area contributed by atoms with Gasteiger partial charge in [0.05, 0.1) is 11.6 Å². The Kier molecular flexibility index (Phi) is 1.82. The average Bonchev–Trinajstić information content (AvgIpc) is 2.66. The second-order valence-corrected chi connectivity index (χ2v) is 3.77. The van der Waals surface area contributed by atoms with Gasteiger partial charge in [0.25, 0.3) is 0 Å². The van der Waals surface area contributed by atoms with Gasteiger partial charge in [0, 0.05) is 15.1 Å². The molecular weight excluding hydrogens is 230 g/mol. The van der Waals surface area contributed by atoms with Crippen molar-refractivity contribution < 1.29 is 15.1 Å². The third kappa shape index (κ3) is 3.69. The van der Waals surface area contributed by atoms with Crippen molar-refractivity contribution in [1.82, 2.24) is 0 Å². The first-order valence-corrected chi connectivity index (χ1v) is 5.62. The Bertz CT molecular complexity index is 936. The van der Waals surface area contributed by atoms with E-state index in [4.69, 9.17) is 20.3 Å². The van der Waals surface area contributed by atoms with E-state index in [2.05, 4.69) is 0 Å². The molecule has 0 N–H and O–H groups in total. The fourth-order valence-electron chi connectivity index (χ4n) is 1.62. The monoisotopic (exact) mass is 260 g/mol. The molecule has 0 heterocycles. The summed E-state index contributed by atoms with van der Waals surface area (Å²) in [5, 5.41) is 8.85. The molecule has 0 atom stereocenters. The Labute approximate surface area is 131 Å². The molecule has 0 aliphatic carbocycles. The number of hydrogen-bond donors (Lipinski definition) is 0. The molecule has 1 nitrogen and oxygen atoms in total. The van der Waals surface area contributed by atoms with Crippen molar-refractivity contribution in [2.45, 2.75) is 32.3 Å². The molecule has 0 radical (unpaired) electrons. The summed E-state index contributed by atoms with van der Waals surface area (Å²) in [5.74, 6) is 0. The first-order chi connectivity index (χ1) is 13.5. The first-order valence-electron chi connectivity index (χ1n) is 11.1. The highest BCUT2D eigenvalue weighted by molar-refractivity contribution is 5.64. The fourth-order valence-corrected chi connectivity index (χ4v) is 1.62. The molecule has 0 unspecified atom stereocenters. The lowest BCUT2D eigenvalue weighted by Crippen LogP contribution is -1.86. The Morgan fingerprint density at radius 3 is 2.21 bits per heavy atom. The van der Waals surface area contributed by atoms with Crippen LogP contribution in [-0.4, -0.2) is 0 Å². The average molecular weight is 260 g/mol. The molecule has 0 aliphatic rings. The number of aryl methyl sites for hydroxylation is 1. The maximum absolute atomic E-state index is 8.85. The van der Waals surface area contributed by atoms with E-state index in [1.165, 1.54) is 24.3 Å². The number of rotatable bonds is 5. The summed E-state index contributed by atoms with van der Waals surface area (Å²) < 4.78 is 85.4. The molecule has 96 valence electrons. The van der Waals surface area contributed by atoms with Crippen LogP contribution in [0.25, 0.3) is 11.1 Å². The van der Waals surface area contributed by atoms with Gasteiger partial charge >= 0.3 is 0 Å². The van der Waals surface area contributed by atoms with Crippen molar-refractivity contribution in [3.05, 3.63) is 59.7 Å². The Balaban J connectivity index is 2.45. The Morgan fingerprint density at radius 1 is 1.00 bits per heavy atom. The molecule has 0 fully saturated rings. The highest BCUT2D eigenvalue weighted by atomic mass is 14.2. The van der Waals surface area contributed by atoms with E-state index in [9.17, 15) is 0 Å². The minimum Gasteiger partial charge on any atom is -0.192 e. The van der Waals surface area contributed by atoms with Gasteiger partial charge in [-0.15, -0.1) is 0 Å². The predicted octanol–water partition coefficient (Wildman–Crippen LogP) is 4.96. The first kappa shape index (κ1) is 5.13. The maximum Gasteiger partial charge on any atom is 0.0991 e. The third-order valence-electron chi connectivity index (χ3n) is 2.56. The highest BCUT2D eigenvalue weighted by Gasteiger charge is 1.99. The molecule has 2 aromatic carbocycles. The minimum absolute atomic E-state index is 0.268.